The molecule has 6 rings (SSSR count). The van der Waals surface area contributed by atoms with Crippen molar-refractivity contribution in [2.24, 2.45) is 0 Å². The molecule has 44 heavy (non-hydrogen) atoms. The fourth-order valence-electron chi connectivity index (χ4n) is 5.12. The lowest BCUT2D eigenvalue weighted by atomic mass is 9.94. The second kappa shape index (κ2) is 12.8. The van der Waals surface area contributed by atoms with Crippen LogP contribution in [0.3, 0.4) is 0 Å². The number of rotatable bonds is 9. The highest BCUT2D eigenvalue weighted by Crippen LogP contribution is 2.38. The highest BCUT2D eigenvalue weighted by atomic mass is 32.2. The Bertz CT molecular complexity index is 1840. The number of hydrogen-bond donors (Lipinski definition) is 2. The molecule has 1 amide bonds. The van der Waals surface area contributed by atoms with Crippen LogP contribution in [0.25, 0.3) is 0 Å². The third-order valence-corrected chi connectivity index (χ3v) is 8.58. The van der Waals surface area contributed by atoms with Gasteiger partial charge in [-0.05, 0) is 72.9 Å². The molecular formula is C35H32FN5O2S. The van der Waals surface area contributed by atoms with Crippen LogP contribution in [0.4, 0.5) is 16.0 Å². The maximum atomic E-state index is 14.3. The quantitative estimate of drug-likeness (QED) is 0.167. The van der Waals surface area contributed by atoms with E-state index in [1.165, 1.54) is 17.8 Å². The number of ether oxygens (including phenoxy) is 1. The van der Waals surface area contributed by atoms with Crippen LogP contribution >= 0.6 is 11.8 Å². The Hall–Kier alpha value is -4.89. The Morgan fingerprint density at radius 3 is 2.48 bits per heavy atom. The maximum Gasteiger partial charge on any atom is 0.255 e. The molecule has 0 spiro atoms. The number of nitrogens with one attached hydrogen (secondary N) is 2. The van der Waals surface area contributed by atoms with Crippen LogP contribution in [0.15, 0.2) is 113 Å². The van der Waals surface area contributed by atoms with Gasteiger partial charge in [-0.3, -0.25) is 4.79 Å². The first kappa shape index (κ1) is 29.2. The predicted molar refractivity (Wildman–Crippen MR) is 172 cm³/mol. The van der Waals surface area contributed by atoms with Gasteiger partial charge in [0.25, 0.3) is 5.91 Å². The lowest BCUT2D eigenvalue weighted by Gasteiger charge is -2.29. The normalized spacial score (nSPS) is 14.1. The molecule has 2 heterocycles. The van der Waals surface area contributed by atoms with E-state index in [1.807, 2.05) is 99.6 Å². The average molecular weight is 606 g/mol. The highest BCUT2D eigenvalue weighted by Gasteiger charge is 2.34. The fraction of sp³-hybridized carbons (Fsp3) is 0.171. The first-order valence-corrected chi connectivity index (χ1v) is 15.3. The van der Waals surface area contributed by atoms with Gasteiger partial charge >= 0.3 is 0 Å². The number of carbonyl (C=O) groups excluding carboxylic acids is 1. The molecule has 0 radical (unpaired) electrons. The van der Waals surface area contributed by atoms with Gasteiger partial charge in [-0.1, -0.05) is 84.6 Å². The van der Waals surface area contributed by atoms with E-state index >= 15 is 0 Å². The molecule has 222 valence electrons. The van der Waals surface area contributed by atoms with Gasteiger partial charge in [-0.2, -0.15) is 4.98 Å². The summed E-state index contributed by atoms with van der Waals surface area (Å²) in [7, 11) is 0. The van der Waals surface area contributed by atoms with Crippen molar-refractivity contribution in [3.8, 4) is 5.75 Å². The van der Waals surface area contributed by atoms with Crippen molar-refractivity contribution in [3.63, 3.8) is 0 Å². The van der Waals surface area contributed by atoms with E-state index in [0.29, 0.717) is 46.0 Å². The molecule has 9 heteroatoms. The van der Waals surface area contributed by atoms with Crippen LogP contribution < -0.4 is 15.4 Å². The molecule has 0 saturated carbocycles. The predicted octanol–water partition coefficient (Wildman–Crippen LogP) is 7.83. The van der Waals surface area contributed by atoms with E-state index in [0.717, 1.165) is 27.9 Å². The van der Waals surface area contributed by atoms with Crippen LogP contribution in [0.2, 0.25) is 0 Å². The van der Waals surface area contributed by atoms with Gasteiger partial charge < -0.3 is 15.4 Å². The van der Waals surface area contributed by atoms with Crippen LogP contribution in [0.1, 0.15) is 40.8 Å². The van der Waals surface area contributed by atoms with Crippen LogP contribution in [0, 0.1) is 19.7 Å². The molecule has 0 fully saturated rings. The van der Waals surface area contributed by atoms with Gasteiger partial charge in [0.05, 0.1) is 5.57 Å². The molecule has 2 N–H and O–H groups in total. The summed E-state index contributed by atoms with van der Waals surface area (Å²) in [4.78, 5) is 18.7. The maximum absolute atomic E-state index is 14.3. The van der Waals surface area contributed by atoms with E-state index in [9.17, 15) is 9.18 Å². The minimum absolute atomic E-state index is 0.236. The molecule has 1 unspecified atom stereocenters. The molecule has 1 aromatic heterocycles. The Morgan fingerprint density at radius 2 is 1.70 bits per heavy atom. The Morgan fingerprint density at radius 1 is 0.955 bits per heavy atom. The summed E-state index contributed by atoms with van der Waals surface area (Å²) in [5, 5.41) is 11.7. The summed E-state index contributed by atoms with van der Waals surface area (Å²) < 4.78 is 22.0. The van der Waals surface area contributed by atoms with E-state index < -0.39 is 6.04 Å². The van der Waals surface area contributed by atoms with Gasteiger partial charge in [0.15, 0.2) is 0 Å². The number of allylic oxidation sites excluding steroid dienone is 1. The number of amides is 1. The monoisotopic (exact) mass is 605 g/mol. The summed E-state index contributed by atoms with van der Waals surface area (Å²) >= 11 is 1.34. The van der Waals surface area contributed by atoms with Crippen molar-refractivity contribution in [1.82, 2.24) is 14.8 Å². The summed E-state index contributed by atoms with van der Waals surface area (Å²) in [5.74, 6) is 1.10. The third kappa shape index (κ3) is 6.23. The molecule has 0 bridgehead atoms. The number of nitrogens with zero attached hydrogens (tertiary/aromatic N) is 3. The average Bonchev–Trinajstić information content (AvgIpc) is 3.44. The summed E-state index contributed by atoms with van der Waals surface area (Å²) in [5.41, 5.74) is 6.54. The molecular weight excluding hydrogens is 573 g/mol. The van der Waals surface area contributed by atoms with E-state index in [1.54, 1.807) is 16.8 Å². The molecule has 1 aliphatic rings. The lowest BCUT2D eigenvalue weighted by molar-refractivity contribution is -0.113. The Labute approximate surface area is 260 Å². The van der Waals surface area contributed by atoms with E-state index in [-0.39, 0.29) is 11.7 Å². The fourth-order valence-corrected chi connectivity index (χ4v) is 5.93. The zero-order valence-electron chi connectivity index (χ0n) is 24.7. The summed E-state index contributed by atoms with van der Waals surface area (Å²) in [6.07, 6.45) is 0. The largest absolute Gasteiger partial charge is 0.489 e. The molecule has 0 aliphatic carbocycles. The number of anilines is 2. The van der Waals surface area contributed by atoms with Crippen LogP contribution in [0.5, 0.6) is 5.75 Å². The van der Waals surface area contributed by atoms with Crippen molar-refractivity contribution >= 4 is 29.3 Å². The topological polar surface area (TPSA) is 81.1 Å². The van der Waals surface area contributed by atoms with Crippen molar-refractivity contribution in [2.45, 2.75) is 44.3 Å². The summed E-state index contributed by atoms with van der Waals surface area (Å²) in [6, 6.07) is 29.7. The number of aromatic nitrogens is 3. The second-order valence-electron chi connectivity index (χ2n) is 10.7. The number of hydrogen-bond acceptors (Lipinski definition) is 6. The molecule has 1 atom stereocenters. The van der Waals surface area contributed by atoms with Gasteiger partial charge in [0.1, 0.15) is 24.2 Å². The number of benzene rings is 4. The van der Waals surface area contributed by atoms with Crippen molar-refractivity contribution < 1.29 is 13.9 Å². The highest BCUT2D eigenvalue weighted by molar-refractivity contribution is 7.98. The number of halogens is 1. The molecule has 1 aliphatic heterocycles. The molecule has 7 nitrogen and oxygen atoms in total. The smallest absolute Gasteiger partial charge is 0.255 e. The molecule has 0 saturated heterocycles. The standard InChI is InChI=1S/C35H32FN5O2S/c1-22-10-9-15-30(23(22)2)38-33(42)31-24(3)37-34-39-35(44-21-27-13-7-8-14-29(27)36)40-41(34)32(31)26-16-18-28(19-17-26)43-20-25-11-5-4-6-12-25/h4-19,32H,20-21H2,1-3H3,(H,38,42)(H,37,39,40). The minimum atomic E-state index is -0.560. The van der Waals surface area contributed by atoms with Crippen molar-refractivity contribution in [1.29, 1.82) is 0 Å². The number of thioether (sulfide) groups is 1. The van der Waals surface area contributed by atoms with Gasteiger partial charge in [-0.15, -0.1) is 5.10 Å². The molecule has 5 aromatic rings. The second-order valence-corrected chi connectivity index (χ2v) is 11.6. The van der Waals surface area contributed by atoms with Gasteiger partial charge in [-0.25, -0.2) is 9.07 Å². The van der Waals surface area contributed by atoms with Crippen LogP contribution in [-0.4, -0.2) is 20.7 Å². The lowest BCUT2D eigenvalue weighted by Crippen LogP contribution is -2.31. The van der Waals surface area contributed by atoms with Crippen LogP contribution in [-0.2, 0) is 17.2 Å². The van der Waals surface area contributed by atoms with Gasteiger partial charge in [0.2, 0.25) is 11.1 Å². The zero-order chi connectivity index (χ0) is 30.6. The number of carbonyl (C=O) groups is 1. The SMILES string of the molecule is CC1=C(C(=O)Nc2cccc(C)c2C)C(c2ccc(OCc3ccccc3)cc2)n2nc(SCc3ccccc3F)nc2N1. The molecule has 4 aromatic carbocycles. The third-order valence-electron chi connectivity index (χ3n) is 7.69. The zero-order valence-corrected chi connectivity index (χ0v) is 25.5. The Balaban J connectivity index is 1.31. The first-order valence-electron chi connectivity index (χ1n) is 14.3. The first-order chi connectivity index (χ1) is 21.4. The van der Waals surface area contributed by atoms with E-state index in [2.05, 4.69) is 10.6 Å². The number of fused-ring (bicyclic) bond motifs is 1. The van der Waals surface area contributed by atoms with E-state index in [4.69, 9.17) is 14.8 Å². The van der Waals surface area contributed by atoms with Crippen molar-refractivity contribution in [3.05, 3.63) is 142 Å². The minimum Gasteiger partial charge on any atom is -0.489 e. The van der Waals surface area contributed by atoms with Gasteiger partial charge in [0, 0.05) is 17.1 Å². The summed E-state index contributed by atoms with van der Waals surface area (Å²) in [6.45, 7) is 6.33. The van der Waals surface area contributed by atoms with Crippen molar-refractivity contribution in [2.75, 3.05) is 10.6 Å². The Kier molecular flexibility index (Phi) is 8.47. The number of aryl methyl sites for hydroxylation is 1.